The van der Waals surface area contributed by atoms with Crippen LogP contribution in [0.15, 0.2) is 30.3 Å². The van der Waals surface area contributed by atoms with Gasteiger partial charge in [-0.3, -0.25) is 0 Å². The van der Waals surface area contributed by atoms with Gasteiger partial charge in [0, 0.05) is 6.61 Å². The van der Waals surface area contributed by atoms with Gasteiger partial charge >= 0.3 is 0 Å². The Labute approximate surface area is 94.6 Å². The fraction of sp³-hybridized carbons (Fsp3) is 0.538. The Morgan fingerprint density at radius 1 is 1.13 bits per heavy atom. The van der Waals surface area contributed by atoms with Crippen LogP contribution in [-0.4, -0.2) is 14.9 Å². The van der Waals surface area contributed by atoms with Crippen LogP contribution >= 0.6 is 0 Å². The van der Waals surface area contributed by atoms with E-state index in [1.807, 2.05) is 0 Å². The second kappa shape index (κ2) is 6.08. The van der Waals surface area contributed by atoms with Crippen LogP contribution in [0.25, 0.3) is 0 Å². The predicted molar refractivity (Wildman–Crippen MR) is 69.0 cm³/mol. The van der Waals surface area contributed by atoms with E-state index in [1.165, 1.54) is 24.1 Å². The van der Waals surface area contributed by atoms with E-state index in [4.69, 9.17) is 4.43 Å². The van der Waals surface area contributed by atoms with Gasteiger partial charge in [0.15, 0.2) is 0 Å². The first-order valence-electron chi connectivity index (χ1n) is 5.92. The maximum atomic E-state index is 6.06. The average molecular weight is 222 g/mol. The SMILES string of the molecule is CCCC[Si](C)(OCC)c1ccccc1. The molecular formula is C13H22OSi. The lowest BCUT2D eigenvalue weighted by Crippen LogP contribution is -2.47. The Hall–Kier alpha value is -0.603. The normalized spacial score (nSPS) is 14.9. The highest BCUT2D eigenvalue weighted by molar-refractivity contribution is 6.85. The Bertz CT molecular complexity index is 273. The molecule has 0 fully saturated rings. The monoisotopic (exact) mass is 222 g/mol. The van der Waals surface area contributed by atoms with Gasteiger partial charge in [-0.1, -0.05) is 50.1 Å². The van der Waals surface area contributed by atoms with Crippen LogP contribution in [-0.2, 0) is 4.43 Å². The maximum absolute atomic E-state index is 6.06. The summed E-state index contributed by atoms with van der Waals surface area (Å²) in [6.45, 7) is 7.51. The topological polar surface area (TPSA) is 9.23 Å². The minimum Gasteiger partial charge on any atom is -0.413 e. The first-order chi connectivity index (χ1) is 7.23. The molecule has 1 atom stereocenters. The Morgan fingerprint density at radius 3 is 2.33 bits per heavy atom. The van der Waals surface area contributed by atoms with E-state index in [-0.39, 0.29) is 0 Å². The molecule has 0 spiro atoms. The second-order valence-electron chi connectivity index (χ2n) is 4.13. The molecule has 1 aromatic carbocycles. The maximum Gasteiger partial charge on any atom is 0.221 e. The highest BCUT2D eigenvalue weighted by atomic mass is 28.4. The summed E-state index contributed by atoms with van der Waals surface area (Å²) < 4.78 is 6.06. The van der Waals surface area contributed by atoms with E-state index in [9.17, 15) is 0 Å². The molecule has 15 heavy (non-hydrogen) atoms. The van der Waals surface area contributed by atoms with Crippen molar-refractivity contribution < 1.29 is 4.43 Å². The molecular weight excluding hydrogens is 200 g/mol. The molecule has 1 unspecified atom stereocenters. The molecule has 0 aromatic heterocycles. The van der Waals surface area contributed by atoms with Crippen molar-refractivity contribution in [2.75, 3.05) is 6.61 Å². The van der Waals surface area contributed by atoms with Gasteiger partial charge in [-0.25, -0.2) is 0 Å². The minimum atomic E-state index is -1.65. The molecule has 0 N–H and O–H groups in total. The lowest BCUT2D eigenvalue weighted by Gasteiger charge is -2.27. The first kappa shape index (κ1) is 12.5. The smallest absolute Gasteiger partial charge is 0.221 e. The molecule has 0 amide bonds. The summed E-state index contributed by atoms with van der Waals surface area (Å²) in [7, 11) is -1.65. The van der Waals surface area contributed by atoms with Gasteiger partial charge in [0.2, 0.25) is 8.32 Å². The van der Waals surface area contributed by atoms with Crippen molar-refractivity contribution in [3.05, 3.63) is 30.3 Å². The third-order valence-electron chi connectivity index (χ3n) is 2.85. The van der Waals surface area contributed by atoms with Crippen molar-refractivity contribution in [2.24, 2.45) is 0 Å². The van der Waals surface area contributed by atoms with Gasteiger partial charge in [-0.05, 0) is 24.7 Å². The van der Waals surface area contributed by atoms with Crippen LogP contribution in [0.4, 0.5) is 0 Å². The van der Waals surface area contributed by atoms with Crippen LogP contribution in [0.1, 0.15) is 26.7 Å². The van der Waals surface area contributed by atoms with E-state index in [0.29, 0.717) is 0 Å². The number of unbranched alkanes of at least 4 members (excludes halogenated alkanes) is 1. The summed E-state index contributed by atoms with van der Waals surface area (Å²) in [6, 6.07) is 12.0. The van der Waals surface area contributed by atoms with E-state index in [0.717, 1.165) is 6.61 Å². The third kappa shape index (κ3) is 3.47. The van der Waals surface area contributed by atoms with Crippen LogP contribution in [0.2, 0.25) is 12.6 Å². The number of benzene rings is 1. The van der Waals surface area contributed by atoms with Gasteiger partial charge in [-0.2, -0.15) is 0 Å². The van der Waals surface area contributed by atoms with Crippen molar-refractivity contribution in [1.29, 1.82) is 0 Å². The number of rotatable bonds is 6. The molecule has 1 aromatic rings. The molecule has 1 rings (SSSR count). The van der Waals surface area contributed by atoms with Crippen LogP contribution in [0, 0.1) is 0 Å². The third-order valence-corrected chi connectivity index (χ3v) is 6.64. The van der Waals surface area contributed by atoms with Crippen molar-refractivity contribution in [3.8, 4) is 0 Å². The van der Waals surface area contributed by atoms with Gasteiger partial charge < -0.3 is 4.43 Å². The van der Waals surface area contributed by atoms with Crippen molar-refractivity contribution in [2.45, 2.75) is 39.3 Å². The van der Waals surface area contributed by atoms with E-state index < -0.39 is 8.32 Å². The predicted octanol–water partition coefficient (Wildman–Crippen LogP) is 3.31. The number of hydrogen-bond acceptors (Lipinski definition) is 1. The molecule has 84 valence electrons. The van der Waals surface area contributed by atoms with E-state index >= 15 is 0 Å². The fourth-order valence-corrected chi connectivity index (χ4v) is 5.09. The van der Waals surface area contributed by atoms with Crippen molar-refractivity contribution in [1.82, 2.24) is 0 Å². The second-order valence-corrected chi connectivity index (χ2v) is 7.96. The molecule has 0 heterocycles. The fourth-order valence-electron chi connectivity index (χ4n) is 1.92. The summed E-state index contributed by atoms with van der Waals surface area (Å²) in [5, 5.41) is 1.43. The van der Waals surface area contributed by atoms with Gasteiger partial charge in [0.1, 0.15) is 0 Å². The summed E-state index contributed by atoms with van der Waals surface area (Å²) in [5.74, 6) is 0. The van der Waals surface area contributed by atoms with Gasteiger partial charge in [0.25, 0.3) is 0 Å². The standard InChI is InChI=1S/C13H22OSi/c1-4-6-12-15(3,14-5-2)13-10-8-7-9-11-13/h7-11H,4-6,12H2,1-3H3. The number of hydrogen-bond donors (Lipinski definition) is 0. The summed E-state index contributed by atoms with van der Waals surface area (Å²) in [5.41, 5.74) is 0. The Morgan fingerprint density at radius 2 is 1.80 bits per heavy atom. The van der Waals surface area contributed by atoms with Crippen LogP contribution in [0.5, 0.6) is 0 Å². The molecule has 0 radical (unpaired) electrons. The zero-order valence-corrected chi connectivity index (χ0v) is 11.1. The molecule has 0 aliphatic carbocycles. The van der Waals surface area contributed by atoms with Gasteiger partial charge in [0.05, 0.1) is 0 Å². The molecule has 0 aliphatic heterocycles. The summed E-state index contributed by atoms with van der Waals surface area (Å²) in [4.78, 5) is 0. The van der Waals surface area contributed by atoms with Crippen LogP contribution < -0.4 is 5.19 Å². The molecule has 0 aliphatic rings. The first-order valence-corrected chi connectivity index (χ1v) is 8.54. The van der Waals surface area contributed by atoms with Crippen molar-refractivity contribution >= 4 is 13.5 Å². The molecule has 0 saturated heterocycles. The summed E-state index contributed by atoms with van der Waals surface area (Å²) >= 11 is 0. The lowest BCUT2D eigenvalue weighted by molar-refractivity contribution is 0.332. The zero-order chi connectivity index (χ0) is 11.1. The minimum absolute atomic E-state index is 0.835. The van der Waals surface area contributed by atoms with E-state index in [2.05, 4.69) is 50.7 Å². The van der Waals surface area contributed by atoms with Crippen LogP contribution in [0.3, 0.4) is 0 Å². The largest absolute Gasteiger partial charge is 0.413 e. The zero-order valence-electron chi connectivity index (χ0n) is 10.1. The Kier molecular flexibility index (Phi) is 5.06. The summed E-state index contributed by atoms with van der Waals surface area (Å²) in [6.07, 6.45) is 2.53. The molecule has 0 bridgehead atoms. The lowest BCUT2D eigenvalue weighted by atomic mass is 10.4. The van der Waals surface area contributed by atoms with Crippen molar-refractivity contribution in [3.63, 3.8) is 0 Å². The van der Waals surface area contributed by atoms with Gasteiger partial charge in [-0.15, -0.1) is 0 Å². The average Bonchev–Trinajstić information content (AvgIpc) is 2.28. The molecule has 1 nitrogen and oxygen atoms in total. The highest BCUT2D eigenvalue weighted by Crippen LogP contribution is 2.15. The van der Waals surface area contributed by atoms with E-state index in [1.54, 1.807) is 0 Å². The molecule has 0 saturated carbocycles. The Balaban J connectivity index is 2.80. The quantitative estimate of drug-likeness (QED) is 0.671. The molecule has 2 heteroatoms. The highest BCUT2D eigenvalue weighted by Gasteiger charge is 2.29.